The van der Waals surface area contributed by atoms with Gasteiger partial charge in [-0.2, -0.15) is 10.1 Å². The highest BCUT2D eigenvalue weighted by molar-refractivity contribution is 9.10. The van der Waals surface area contributed by atoms with E-state index < -0.39 is 27.1 Å². The average molecular weight is 605 g/mol. The minimum Gasteiger partial charge on any atom is -0.267 e. The van der Waals surface area contributed by atoms with Crippen LogP contribution in [0.2, 0.25) is 0 Å². The number of nitrogens with zero attached hydrogens (tertiary/aromatic N) is 5. The predicted octanol–water partition coefficient (Wildman–Crippen LogP) is 6.32. The molecule has 0 aliphatic heterocycles. The van der Waals surface area contributed by atoms with E-state index in [9.17, 15) is 25.0 Å². The van der Waals surface area contributed by atoms with Crippen molar-refractivity contribution in [2.45, 2.75) is 0 Å². The second-order valence-corrected chi connectivity index (χ2v) is 9.61. The second kappa shape index (κ2) is 9.75. The molecule has 4 aromatic rings. The number of hydrazone groups is 1. The van der Waals surface area contributed by atoms with Gasteiger partial charge in [-0.1, -0.05) is 55.3 Å². The molecule has 0 N–H and O–H groups in total. The Morgan fingerprint density at radius 1 is 0.941 bits per heavy atom. The van der Waals surface area contributed by atoms with E-state index in [-0.39, 0.29) is 10.7 Å². The van der Waals surface area contributed by atoms with Gasteiger partial charge in [-0.05, 0) is 35.9 Å². The van der Waals surface area contributed by atoms with Crippen molar-refractivity contribution in [2.75, 3.05) is 5.01 Å². The first-order valence-corrected chi connectivity index (χ1v) is 11.8. The molecule has 1 amide bonds. The van der Waals surface area contributed by atoms with Crippen LogP contribution in [0.15, 0.2) is 74.7 Å². The zero-order valence-electron chi connectivity index (χ0n) is 16.8. The van der Waals surface area contributed by atoms with Crippen LogP contribution >= 0.6 is 43.2 Å². The molecule has 0 atom stereocenters. The van der Waals surface area contributed by atoms with Crippen LogP contribution in [-0.4, -0.2) is 27.0 Å². The number of amides is 1. The Bertz CT molecular complexity index is 1440. The summed E-state index contributed by atoms with van der Waals surface area (Å²) in [5.74, 6) is -0.807. The van der Waals surface area contributed by atoms with Gasteiger partial charge in [0.05, 0.1) is 37.9 Å². The van der Waals surface area contributed by atoms with Crippen molar-refractivity contribution >= 4 is 82.0 Å². The van der Waals surface area contributed by atoms with Crippen LogP contribution in [0.4, 0.5) is 16.5 Å². The van der Waals surface area contributed by atoms with Gasteiger partial charge in [0.15, 0.2) is 0 Å². The van der Waals surface area contributed by atoms with Crippen LogP contribution < -0.4 is 5.01 Å². The second-order valence-electron chi connectivity index (χ2n) is 6.77. The van der Waals surface area contributed by atoms with E-state index in [0.717, 1.165) is 36.9 Å². The molecule has 0 aliphatic rings. The minimum atomic E-state index is -0.807. The number of thiazole rings is 1. The summed E-state index contributed by atoms with van der Waals surface area (Å²) in [5.41, 5.74) is -0.140. The van der Waals surface area contributed by atoms with Crippen LogP contribution in [0.25, 0.3) is 10.2 Å². The van der Waals surface area contributed by atoms with Crippen molar-refractivity contribution in [1.82, 2.24) is 4.98 Å². The number of aromatic nitrogens is 1. The van der Waals surface area contributed by atoms with Gasteiger partial charge in [-0.3, -0.25) is 25.0 Å². The van der Waals surface area contributed by atoms with Gasteiger partial charge in [0.1, 0.15) is 0 Å². The van der Waals surface area contributed by atoms with Crippen molar-refractivity contribution in [3.05, 3.63) is 101 Å². The quantitative estimate of drug-likeness (QED) is 0.144. The molecule has 3 aromatic carbocycles. The molecule has 10 nitrogen and oxygen atoms in total. The number of carbonyl (C=O) groups is 1. The Labute approximate surface area is 212 Å². The highest BCUT2D eigenvalue weighted by atomic mass is 79.9. The number of anilines is 1. The van der Waals surface area contributed by atoms with Gasteiger partial charge in [-0.25, -0.2) is 4.98 Å². The number of carbonyl (C=O) groups excluding carboxylic acids is 1. The first-order chi connectivity index (χ1) is 16.2. The van der Waals surface area contributed by atoms with Crippen molar-refractivity contribution < 1.29 is 14.6 Å². The Balaban J connectivity index is 1.82. The maximum Gasteiger partial charge on any atom is 0.281 e. The molecule has 34 heavy (non-hydrogen) atoms. The Morgan fingerprint density at radius 3 is 2.18 bits per heavy atom. The first kappa shape index (κ1) is 23.6. The summed E-state index contributed by atoms with van der Waals surface area (Å²) in [5, 5.41) is 28.0. The van der Waals surface area contributed by atoms with E-state index in [0.29, 0.717) is 11.1 Å². The summed E-state index contributed by atoms with van der Waals surface area (Å²) in [6, 6.07) is 15.3. The molecule has 0 spiro atoms. The average Bonchev–Trinajstić information content (AvgIpc) is 3.22. The molecule has 13 heteroatoms. The van der Waals surface area contributed by atoms with Gasteiger partial charge in [-0.15, -0.1) is 0 Å². The molecule has 1 heterocycles. The van der Waals surface area contributed by atoms with Crippen molar-refractivity contribution in [3.63, 3.8) is 0 Å². The molecule has 170 valence electrons. The highest BCUT2D eigenvalue weighted by Crippen LogP contribution is 2.33. The van der Waals surface area contributed by atoms with E-state index >= 15 is 0 Å². The lowest BCUT2D eigenvalue weighted by Crippen LogP contribution is -2.25. The zero-order chi connectivity index (χ0) is 24.4. The fraction of sp³-hybridized carbons (Fsp3) is 0. The lowest BCUT2D eigenvalue weighted by Gasteiger charge is -2.13. The molecule has 0 unspecified atom stereocenters. The number of benzene rings is 3. The van der Waals surface area contributed by atoms with Gasteiger partial charge in [0.2, 0.25) is 5.13 Å². The van der Waals surface area contributed by atoms with Crippen molar-refractivity contribution in [2.24, 2.45) is 5.10 Å². The van der Waals surface area contributed by atoms with Crippen LogP contribution in [-0.2, 0) is 0 Å². The van der Waals surface area contributed by atoms with Crippen LogP contribution in [0.1, 0.15) is 15.9 Å². The molecule has 0 saturated carbocycles. The molecular weight excluding hydrogens is 594 g/mol. The molecular formula is C21H11Br2N5O5S. The number of nitro groups is 2. The highest BCUT2D eigenvalue weighted by Gasteiger charge is 2.26. The third-order valence-corrected chi connectivity index (χ3v) is 6.49. The molecule has 0 saturated heterocycles. The standard InChI is InChI=1S/C21H11Br2N5O5S/c22-14-3-1-12(2-4-14)11-24-26(21-25-18-6-5-15(23)9-19(18)34-21)20(29)13-7-16(27(30)31)10-17(8-13)28(32)33/h1-11H/b24-11+. The maximum atomic E-state index is 13.4. The topological polar surface area (TPSA) is 132 Å². The number of rotatable bonds is 6. The molecule has 4 rings (SSSR count). The summed E-state index contributed by atoms with van der Waals surface area (Å²) in [7, 11) is 0. The van der Waals surface area contributed by atoms with Gasteiger partial charge < -0.3 is 0 Å². The van der Waals surface area contributed by atoms with E-state index in [1.165, 1.54) is 17.6 Å². The minimum absolute atomic E-state index is 0.195. The first-order valence-electron chi connectivity index (χ1n) is 9.35. The number of hydrogen-bond donors (Lipinski definition) is 0. The molecule has 0 bridgehead atoms. The number of fused-ring (bicyclic) bond motifs is 1. The number of non-ortho nitro benzene ring substituents is 2. The normalized spacial score (nSPS) is 11.1. The lowest BCUT2D eigenvalue weighted by atomic mass is 10.1. The number of hydrogen-bond acceptors (Lipinski definition) is 8. The Morgan fingerprint density at radius 2 is 1.56 bits per heavy atom. The smallest absolute Gasteiger partial charge is 0.267 e. The lowest BCUT2D eigenvalue weighted by molar-refractivity contribution is -0.394. The monoisotopic (exact) mass is 603 g/mol. The summed E-state index contributed by atoms with van der Waals surface area (Å²) in [4.78, 5) is 38.9. The van der Waals surface area contributed by atoms with E-state index in [4.69, 9.17) is 0 Å². The molecule has 0 radical (unpaired) electrons. The Kier molecular flexibility index (Phi) is 6.77. The Hall–Kier alpha value is -3.55. The summed E-state index contributed by atoms with van der Waals surface area (Å²) >= 11 is 7.91. The maximum absolute atomic E-state index is 13.4. The zero-order valence-corrected chi connectivity index (χ0v) is 20.8. The van der Waals surface area contributed by atoms with E-state index in [1.54, 1.807) is 36.4 Å². The fourth-order valence-electron chi connectivity index (χ4n) is 2.89. The van der Waals surface area contributed by atoms with Gasteiger partial charge in [0, 0.05) is 21.1 Å². The van der Waals surface area contributed by atoms with Crippen LogP contribution in [0.3, 0.4) is 0 Å². The van der Waals surface area contributed by atoms with Gasteiger partial charge >= 0.3 is 0 Å². The fourth-order valence-corrected chi connectivity index (χ4v) is 4.63. The van der Waals surface area contributed by atoms with Crippen molar-refractivity contribution in [3.8, 4) is 0 Å². The molecule has 0 fully saturated rings. The van der Waals surface area contributed by atoms with E-state index in [1.807, 2.05) is 6.07 Å². The molecule has 1 aromatic heterocycles. The van der Waals surface area contributed by atoms with E-state index in [2.05, 4.69) is 41.9 Å². The van der Waals surface area contributed by atoms with Crippen LogP contribution in [0, 0.1) is 20.2 Å². The third-order valence-electron chi connectivity index (χ3n) is 4.48. The van der Waals surface area contributed by atoms with Crippen molar-refractivity contribution in [1.29, 1.82) is 0 Å². The summed E-state index contributed by atoms with van der Waals surface area (Å²) in [6.07, 6.45) is 1.43. The molecule has 0 aliphatic carbocycles. The SMILES string of the molecule is O=C(c1cc([N+](=O)[O-])cc([N+](=O)[O-])c1)N(/N=C/c1ccc(Br)cc1)c1nc2ccc(Br)cc2s1. The summed E-state index contributed by atoms with van der Waals surface area (Å²) in [6.45, 7) is 0. The number of nitro benzene ring substituents is 2. The van der Waals surface area contributed by atoms with Gasteiger partial charge in [0.25, 0.3) is 17.3 Å². The number of halogens is 2. The predicted molar refractivity (Wildman–Crippen MR) is 136 cm³/mol. The largest absolute Gasteiger partial charge is 0.281 e. The third kappa shape index (κ3) is 5.16. The summed E-state index contributed by atoms with van der Waals surface area (Å²) < 4.78 is 2.45. The van der Waals surface area contributed by atoms with Crippen LogP contribution in [0.5, 0.6) is 0 Å².